The first kappa shape index (κ1) is 25.1. The Labute approximate surface area is 197 Å². The number of nitrogens with zero attached hydrogens (tertiary/aromatic N) is 1. The van der Waals surface area contributed by atoms with Gasteiger partial charge in [0.15, 0.2) is 11.4 Å². The third-order valence-electron chi connectivity index (χ3n) is 5.80. The van der Waals surface area contributed by atoms with Crippen LogP contribution in [0, 0.1) is 11.7 Å². The van der Waals surface area contributed by atoms with Crippen LogP contribution in [0.3, 0.4) is 0 Å². The van der Waals surface area contributed by atoms with E-state index in [0.29, 0.717) is 12.8 Å². The highest BCUT2D eigenvalue weighted by molar-refractivity contribution is 5.98. The van der Waals surface area contributed by atoms with Crippen LogP contribution in [0.4, 0.5) is 4.39 Å². The lowest BCUT2D eigenvalue weighted by molar-refractivity contribution is -0.152. The average Bonchev–Trinajstić information content (AvgIpc) is 2.80. The van der Waals surface area contributed by atoms with Gasteiger partial charge in [0, 0.05) is 18.2 Å². The number of carbonyl (C=O) groups excluding carboxylic acids is 3. The van der Waals surface area contributed by atoms with Crippen molar-refractivity contribution < 1.29 is 33.0 Å². The van der Waals surface area contributed by atoms with Crippen LogP contribution in [0.5, 0.6) is 11.5 Å². The highest BCUT2D eigenvalue weighted by Crippen LogP contribution is 2.34. The second-order valence-electron chi connectivity index (χ2n) is 8.61. The molecule has 0 radical (unpaired) electrons. The molecule has 2 unspecified atom stereocenters. The number of aromatic nitrogens is 1. The Kier molecular flexibility index (Phi) is 7.86. The van der Waals surface area contributed by atoms with Crippen molar-refractivity contribution in [1.29, 1.82) is 0 Å². The number of rotatable bonds is 7. The van der Waals surface area contributed by atoms with E-state index in [1.807, 2.05) is 6.92 Å². The van der Waals surface area contributed by atoms with Crippen molar-refractivity contribution in [3.05, 3.63) is 53.1 Å². The predicted octanol–water partition coefficient (Wildman–Crippen LogP) is 3.57. The van der Waals surface area contributed by atoms with E-state index in [1.54, 1.807) is 19.9 Å². The first-order valence-corrected chi connectivity index (χ1v) is 11.2. The zero-order valence-electron chi connectivity index (χ0n) is 19.9. The number of hydrogen-bond donors (Lipinski definition) is 1. The number of halogens is 1. The Morgan fingerprint density at radius 2 is 1.88 bits per heavy atom. The number of methoxy groups -OCH3 is 1. The number of amides is 1. The van der Waals surface area contributed by atoms with Gasteiger partial charge in [0.1, 0.15) is 18.0 Å². The predicted molar refractivity (Wildman–Crippen MR) is 121 cm³/mol. The largest absolute Gasteiger partial charge is 0.493 e. The summed E-state index contributed by atoms with van der Waals surface area (Å²) in [7, 11) is 1.38. The van der Waals surface area contributed by atoms with E-state index in [1.165, 1.54) is 38.4 Å². The molecule has 1 N–H and O–H groups in total. The van der Waals surface area contributed by atoms with E-state index in [0.717, 1.165) is 11.1 Å². The number of carbonyl (C=O) groups is 3. The smallest absolute Gasteiger partial charge is 0.328 e. The van der Waals surface area contributed by atoms with Gasteiger partial charge in [0.25, 0.3) is 5.91 Å². The minimum Gasteiger partial charge on any atom is -0.493 e. The number of ether oxygens (including phenoxy) is 3. The Morgan fingerprint density at radius 3 is 2.56 bits per heavy atom. The van der Waals surface area contributed by atoms with Crippen LogP contribution in [-0.2, 0) is 20.7 Å². The van der Waals surface area contributed by atoms with Gasteiger partial charge < -0.3 is 19.5 Å². The second kappa shape index (κ2) is 10.6. The average molecular weight is 473 g/mol. The van der Waals surface area contributed by atoms with Gasteiger partial charge in [-0.3, -0.25) is 9.59 Å². The number of hydrogen-bond acceptors (Lipinski definition) is 7. The van der Waals surface area contributed by atoms with Gasteiger partial charge in [-0.05, 0) is 43.0 Å². The number of fused-ring (bicyclic) bond motifs is 1. The normalized spacial score (nSPS) is 18.0. The van der Waals surface area contributed by atoms with Crippen molar-refractivity contribution in [3.63, 3.8) is 0 Å². The minimum atomic E-state index is -0.990. The van der Waals surface area contributed by atoms with E-state index >= 15 is 0 Å². The molecule has 1 amide bonds. The molecule has 8 nitrogen and oxygen atoms in total. The molecule has 9 heteroatoms. The maximum absolute atomic E-state index is 13.5. The molecule has 1 aliphatic carbocycles. The molecular formula is C25H29FN2O6. The maximum atomic E-state index is 13.5. The summed E-state index contributed by atoms with van der Waals surface area (Å²) in [5.41, 5.74) is 1.67. The summed E-state index contributed by atoms with van der Waals surface area (Å²) in [6, 6.07) is 5.10. The van der Waals surface area contributed by atoms with Crippen molar-refractivity contribution in [1.82, 2.24) is 10.3 Å². The van der Waals surface area contributed by atoms with Gasteiger partial charge in [-0.25, -0.2) is 14.2 Å². The molecule has 0 aliphatic heterocycles. The van der Waals surface area contributed by atoms with E-state index in [2.05, 4.69) is 10.3 Å². The number of pyridine rings is 1. The van der Waals surface area contributed by atoms with E-state index in [4.69, 9.17) is 14.2 Å². The number of aryl methyl sites for hydroxylation is 1. The van der Waals surface area contributed by atoms with Crippen LogP contribution >= 0.6 is 0 Å². The first-order chi connectivity index (χ1) is 16.1. The summed E-state index contributed by atoms with van der Waals surface area (Å²) in [4.78, 5) is 41.8. The zero-order valence-corrected chi connectivity index (χ0v) is 19.9. The molecule has 1 heterocycles. The fraction of sp³-hybridized carbons (Fsp3) is 0.440. The summed E-state index contributed by atoms with van der Waals surface area (Å²) in [5, 5.41) is 2.55. The Morgan fingerprint density at radius 1 is 1.15 bits per heavy atom. The molecule has 0 spiro atoms. The number of benzene rings is 1. The zero-order chi connectivity index (χ0) is 25.0. The van der Waals surface area contributed by atoms with Crippen LogP contribution in [0.2, 0.25) is 0 Å². The lowest BCUT2D eigenvalue weighted by atomic mass is 9.82. The standard InChI is InChI=1S/C25H29FN2O6/c1-13(2)24(30)34-22-20(32-5)10-11-27-21(22)23(29)28-15(4)25(31)33-19-9-6-16-12-17(26)7-8-18(16)14(19)3/h7-8,10-15,19H,6,9H2,1-5H3,(H,28,29)/t14?,15-,19?/m0/s1. The Bertz CT molecular complexity index is 1090. The van der Waals surface area contributed by atoms with Gasteiger partial charge in [-0.1, -0.05) is 26.8 Å². The number of nitrogens with one attached hydrogen (secondary N) is 1. The van der Waals surface area contributed by atoms with Crippen molar-refractivity contribution in [2.45, 2.75) is 58.6 Å². The van der Waals surface area contributed by atoms with Gasteiger partial charge in [-0.15, -0.1) is 0 Å². The Balaban J connectivity index is 1.69. The maximum Gasteiger partial charge on any atom is 0.328 e. The molecule has 1 aliphatic rings. The summed E-state index contributed by atoms with van der Waals surface area (Å²) < 4.78 is 29.7. The second-order valence-corrected chi connectivity index (χ2v) is 8.61. The van der Waals surface area contributed by atoms with Crippen LogP contribution in [0.15, 0.2) is 30.5 Å². The van der Waals surface area contributed by atoms with Crippen LogP contribution in [-0.4, -0.2) is 42.1 Å². The monoisotopic (exact) mass is 472 g/mol. The van der Waals surface area contributed by atoms with Gasteiger partial charge in [-0.2, -0.15) is 0 Å². The molecule has 1 aromatic heterocycles. The van der Waals surface area contributed by atoms with Crippen LogP contribution in [0.25, 0.3) is 0 Å². The summed E-state index contributed by atoms with van der Waals surface area (Å²) >= 11 is 0. The summed E-state index contributed by atoms with van der Waals surface area (Å²) in [5.74, 6) is -2.68. The topological polar surface area (TPSA) is 104 Å². The molecule has 34 heavy (non-hydrogen) atoms. The van der Waals surface area contributed by atoms with Crippen molar-refractivity contribution in [3.8, 4) is 11.5 Å². The third-order valence-corrected chi connectivity index (χ3v) is 5.80. The molecule has 0 saturated carbocycles. The highest BCUT2D eigenvalue weighted by atomic mass is 19.1. The summed E-state index contributed by atoms with van der Waals surface area (Å²) in [6.45, 7) is 6.73. The first-order valence-electron chi connectivity index (χ1n) is 11.2. The van der Waals surface area contributed by atoms with Gasteiger partial charge in [0.2, 0.25) is 5.75 Å². The van der Waals surface area contributed by atoms with Gasteiger partial charge in [0.05, 0.1) is 13.0 Å². The van der Waals surface area contributed by atoms with Gasteiger partial charge >= 0.3 is 11.9 Å². The van der Waals surface area contributed by atoms with E-state index in [-0.39, 0.29) is 28.9 Å². The molecule has 0 saturated heterocycles. The van der Waals surface area contributed by atoms with E-state index in [9.17, 15) is 18.8 Å². The van der Waals surface area contributed by atoms with Crippen molar-refractivity contribution in [2.75, 3.05) is 7.11 Å². The molecule has 1 aromatic carbocycles. The lowest BCUT2D eigenvalue weighted by Crippen LogP contribution is -2.42. The minimum absolute atomic E-state index is 0.113. The summed E-state index contributed by atoms with van der Waals surface area (Å²) in [6.07, 6.45) is 2.08. The fourth-order valence-corrected chi connectivity index (χ4v) is 3.79. The quantitative estimate of drug-likeness (QED) is 0.615. The van der Waals surface area contributed by atoms with Crippen molar-refractivity contribution in [2.24, 2.45) is 5.92 Å². The lowest BCUT2D eigenvalue weighted by Gasteiger charge is -2.31. The molecule has 2 aromatic rings. The molecule has 3 atom stereocenters. The molecule has 182 valence electrons. The molecule has 0 bridgehead atoms. The Hall–Kier alpha value is -3.49. The third kappa shape index (κ3) is 5.52. The molecular weight excluding hydrogens is 443 g/mol. The molecule has 0 fully saturated rings. The SMILES string of the molecule is COc1ccnc(C(=O)N[C@@H](C)C(=O)OC2CCc3cc(F)ccc3C2C)c1OC(=O)C(C)C. The van der Waals surface area contributed by atoms with Crippen LogP contribution < -0.4 is 14.8 Å². The van der Waals surface area contributed by atoms with E-state index < -0.39 is 35.9 Å². The van der Waals surface area contributed by atoms with Crippen molar-refractivity contribution >= 4 is 17.8 Å². The van der Waals surface area contributed by atoms with Crippen LogP contribution in [0.1, 0.15) is 61.6 Å². The fourth-order valence-electron chi connectivity index (χ4n) is 3.79. The molecule has 3 rings (SSSR count). The number of esters is 2. The highest BCUT2D eigenvalue weighted by Gasteiger charge is 2.32.